The third-order valence-corrected chi connectivity index (χ3v) is 1.84. The van der Waals surface area contributed by atoms with Crippen LogP contribution >= 0.6 is 0 Å². The van der Waals surface area contributed by atoms with Crippen LogP contribution in [-0.2, 0) is 0 Å². The lowest BCUT2D eigenvalue weighted by atomic mass is 10.1. The molecule has 0 heterocycles. The highest BCUT2D eigenvalue weighted by Crippen LogP contribution is 2.17. The lowest BCUT2D eigenvalue weighted by Gasteiger charge is -2.06. The minimum atomic E-state index is -0.473. The number of hydrogen-bond acceptors (Lipinski definition) is 4. The number of nitro groups is 1. The number of nitrogens with two attached hydrogens (primary N) is 1. The molecule has 0 aliphatic rings. The van der Waals surface area contributed by atoms with Crippen molar-refractivity contribution in [2.75, 3.05) is 0 Å². The number of benzene rings is 1. The van der Waals surface area contributed by atoms with Crippen LogP contribution in [0.1, 0.15) is 18.0 Å². The monoisotopic (exact) mass is 191 g/mol. The first-order chi connectivity index (χ1) is 6.65. The van der Waals surface area contributed by atoms with Gasteiger partial charge in [-0.2, -0.15) is 5.26 Å². The molecule has 0 aliphatic carbocycles. The Balaban J connectivity index is 2.84. The van der Waals surface area contributed by atoms with Gasteiger partial charge in [0.1, 0.15) is 0 Å². The van der Waals surface area contributed by atoms with Crippen molar-refractivity contribution in [3.63, 3.8) is 0 Å². The van der Waals surface area contributed by atoms with Gasteiger partial charge in [0, 0.05) is 18.2 Å². The first kappa shape index (κ1) is 10.2. The van der Waals surface area contributed by atoms with Crippen LogP contribution in [0.25, 0.3) is 0 Å². The SMILES string of the molecule is N#CC[C@@H](N)c1ccc([N+](=O)[O-])cc1. The molecule has 14 heavy (non-hydrogen) atoms. The van der Waals surface area contributed by atoms with E-state index in [1.165, 1.54) is 12.1 Å². The molecule has 1 aromatic rings. The van der Waals surface area contributed by atoms with Crippen molar-refractivity contribution in [2.24, 2.45) is 5.73 Å². The van der Waals surface area contributed by atoms with Gasteiger partial charge >= 0.3 is 0 Å². The van der Waals surface area contributed by atoms with Crippen LogP contribution in [0.2, 0.25) is 0 Å². The highest BCUT2D eigenvalue weighted by molar-refractivity contribution is 5.34. The van der Waals surface area contributed by atoms with Gasteiger partial charge < -0.3 is 5.73 Å². The molecule has 0 spiro atoms. The molecule has 0 aromatic heterocycles. The van der Waals surface area contributed by atoms with E-state index in [4.69, 9.17) is 11.0 Å². The van der Waals surface area contributed by atoms with Gasteiger partial charge in [0.25, 0.3) is 5.69 Å². The molecular weight excluding hydrogens is 182 g/mol. The number of nitro benzene ring substituents is 1. The molecule has 1 atom stereocenters. The van der Waals surface area contributed by atoms with Crippen LogP contribution in [0.15, 0.2) is 24.3 Å². The second-order valence-electron chi connectivity index (χ2n) is 2.82. The third-order valence-electron chi connectivity index (χ3n) is 1.84. The fraction of sp³-hybridized carbons (Fsp3) is 0.222. The third kappa shape index (κ3) is 2.28. The van der Waals surface area contributed by atoms with Crippen molar-refractivity contribution < 1.29 is 4.92 Å². The quantitative estimate of drug-likeness (QED) is 0.578. The maximum Gasteiger partial charge on any atom is 0.269 e. The molecule has 5 heteroatoms. The van der Waals surface area contributed by atoms with Gasteiger partial charge in [-0.3, -0.25) is 10.1 Å². The Morgan fingerprint density at radius 3 is 2.50 bits per heavy atom. The van der Waals surface area contributed by atoms with Gasteiger partial charge in [-0.1, -0.05) is 12.1 Å². The second kappa shape index (κ2) is 4.35. The van der Waals surface area contributed by atoms with Crippen molar-refractivity contribution in [2.45, 2.75) is 12.5 Å². The number of non-ortho nitro benzene ring substituents is 1. The Hall–Kier alpha value is -1.93. The zero-order valence-corrected chi connectivity index (χ0v) is 7.38. The summed E-state index contributed by atoms with van der Waals surface area (Å²) >= 11 is 0. The molecule has 0 unspecified atom stereocenters. The number of nitrogens with zero attached hydrogens (tertiary/aromatic N) is 2. The van der Waals surface area contributed by atoms with Crippen LogP contribution in [0, 0.1) is 21.4 Å². The summed E-state index contributed by atoms with van der Waals surface area (Å²) in [5.41, 5.74) is 6.40. The Labute approximate surface area is 80.9 Å². The van der Waals surface area contributed by atoms with Crippen molar-refractivity contribution in [3.8, 4) is 6.07 Å². The molecule has 0 radical (unpaired) electrons. The Bertz CT molecular complexity index is 367. The van der Waals surface area contributed by atoms with E-state index in [-0.39, 0.29) is 18.2 Å². The van der Waals surface area contributed by atoms with E-state index in [1.54, 1.807) is 12.1 Å². The van der Waals surface area contributed by atoms with Gasteiger partial charge in [-0.05, 0) is 5.56 Å². The Morgan fingerprint density at radius 2 is 2.07 bits per heavy atom. The minimum Gasteiger partial charge on any atom is -0.323 e. The number of nitriles is 1. The highest BCUT2D eigenvalue weighted by Gasteiger charge is 2.08. The summed E-state index contributed by atoms with van der Waals surface area (Å²) < 4.78 is 0. The summed E-state index contributed by atoms with van der Waals surface area (Å²) in [5.74, 6) is 0. The van der Waals surface area contributed by atoms with Gasteiger partial charge in [0.05, 0.1) is 17.4 Å². The average molecular weight is 191 g/mol. The molecular formula is C9H9N3O2. The van der Waals surface area contributed by atoms with E-state index in [2.05, 4.69) is 0 Å². The molecule has 1 aromatic carbocycles. The topological polar surface area (TPSA) is 93.0 Å². The predicted molar refractivity (Wildman–Crippen MR) is 50.3 cm³/mol. The summed E-state index contributed by atoms with van der Waals surface area (Å²) in [6.45, 7) is 0. The molecule has 0 aliphatic heterocycles. The largest absolute Gasteiger partial charge is 0.323 e. The Morgan fingerprint density at radius 1 is 1.50 bits per heavy atom. The maximum absolute atomic E-state index is 10.3. The predicted octanol–water partition coefficient (Wildman–Crippen LogP) is 1.51. The molecule has 0 fully saturated rings. The van der Waals surface area contributed by atoms with Crippen molar-refractivity contribution in [1.29, 1.82) is 5.26 Å². The van der Waals surface area contributed by atoms with Crippen LogP contribution in [-0.4, -0.2) is 4.92 Å². The van der Waals surface area contributed by atoms with Gasteiger partial charge in [0.15, 0.2) is 0 Å². The molecule has 72 valence electrons. The fourth-order valence-corrected chi connectivity index (χ4v) is 1.06. The molecule has 0 bridgehead atoms. The Kier molecular flexibility index (Phi) is 3.15. The lowest BCUT2D eigenvalue weighted by molar-refractivity contribution is -0.384. The molecule has 0 amide bonds. The molecule has 0 saturated carbocycles. The van der Waals surface area contributed by atoms with E-state index in [1.807, 2.05) is 6.07 Å². The van der Waals surface area contributed by atoms with Crippen molar-refractivity contribution >= 4 is 5.69 Å². The van der Waals surface area contributed by atoms with Gasteiger partial charge in [0.2, 0.25) is 0 Å². The summed E-state index contributed by atoms with van der Waals surface area (Å²) in [6, 6.07) is 7.47. The molecule has 5 nitrogen and oxygen atoms in total. The number of hydrogen-bond donors (Lipinski definition) is 1. The summed E-state index contributed by atoms with van der Waals surface area (Å²) in [6.07, 6.45) is 0.206. The normalized spacial score (nSPS) is 11.7. The van der Waals surface area contributed by atoms with E-state index < -0.39 is 4.92 Å². The zero-order valence-electron chi connectivity index (χ0n) is 7.38. The standard InChI is InChI=1S/C9H9N3O2/c10-6-5-9(11)7-1-3-8(4-2-7)12(13)14/h1-4,9H,5,11H2/t9-/m1/s1. The van der Waals surface area contributed by atoms with Crippen LogP contribution in [0.5, 0.6) is 0 Å². The van der Waals surface area contributed by atoms with Gasteiger partial charge in [-0.15, -0.1) is 0 Å². The molecule has 1 rings (SSSR count). The summed E-state index contributed by atoms with van der Waals surface area (Å²) in [5, 5.41) is 18.7. The molecule has 0 saturated heterocycles. The fourth-order valence-electron chi connectivity index (χ4n) is 1.06. The van der Waals surface area contributed by atoms with Crippen LogP contribution < -0.4 is 5.73 Å². The molecule has 2 N–H and O–H groups in total. The average Bonchev–Trinajstić information content (AvgIpc) is 2.18. The van der Waals surface area contributed by atoms with E-state index >= 15 is 0 Å². The summed E-state index contributed by atoms with van der Waals surface area (Å²) in [4.78, 5) is 9.86. The van der Waals surface area contributed by atoms with E-state index in [9.17, 15) is 10.1 Å². The summed E-state index contributed by atoms with van der Waals surface area (Å²) in [7, 11) is 0. The minimum absolute atomic E-state index is 0.0258. The van der Waals surface area contributed by atoms with Crippen LogP contribution in [0.3, 0.4) is 0 Å². The van der Waals surface area contributed by atoms with Crippen molar-refractivity contribution in [3.05, 3.63) is 39.9 Å². The first-order valence-electron chi connectivity index (χ1n) is 4.02. The van der Waals surface area contributed by atoms with Gasteiger partial charge in [-0.25, -0.2) is 0 Å². The zero-order chi connectivity index (χ0) is 10.6. The lowest BCUT2D eigenvalue weighted by Crippen LogP contribution is -2.08. The highest BCUT2D eigenvalue weighted by atomic mass is 16.6. The van der Waals surface area contributed by atoms with Crippen molar-refractivity contribution in [1.82, 2.24) is 0 Å². The second-order valence-corrected chi connectivity index (χ2v) is 2.82. The van der Waals surface area contributed by atoms with E-state index in [0.29, 0.717) is 0 Å². The number of rotatable bonds is 3. The first-order valence-corrected chi connectivity index (χ1v) is 4.02. The van der Waals surface area contributed by atoms with E-state index in [0.717, 1.165) is 5.56 Å². The van der Waals surface area contributed by atoms with Crippen LogP contribution in [0.4, 0.5) is 5.69 Å². The smallest absolute Gasteiger partial charge is 0.269 e. The maximum atomic E-state index is 10.3.